The third-order valence-corrected chi connectivity index (χ3v) is 41.9. The van der Waals surface area contributed by atoms with E-state index in [0.29, 0.717) is 160 Å². The first kappa shape index (κ1) is 104. The van der Waals surface area contributed by atoms with Gasteiger partial charge in [0.05, 0.1) is 106 Å². The summed E-state index contributed by atoms with van der Waals surface area (Å²) < 4.78 is 31.1. The second-order valence-corrected chi connectivity index (χ2v) is 50.3. The topological polar surface area (TPSA) is 382 Å². The van der Waals surface area contributed by atoms with Gasteiger partial charge in [-0.1, -0.05) is 75.2 Å². The highest BCUT2D eigenvalue weighted by Gasteiger charge is 2.75. The molecule has 18 saturated carbocycles. The summed E-state index contributed by atoms with van der Waals surface area (Å²) >= 11 is 0. The van der Waals surface area contributed by atoms with Crippen LogP contribution in [-0.2, 0) is 115 Å². The van der Waals surface area contributed by atoms with E-state index in [2.05, 4.69) is 0 Å². The summed E-state index contributed by atoms with van der Waals surface area (Å²) in [5.41, 5.74) is -3.27. The largest absolute Gasteiger partial charge is 0.455 e. The van der Waals surface area contributed by atoms with Crippen LogP contribution in [0.15, 0.2) is 0 Å². The van der Waals surface area contributed by atoms with Crippen molar-refractivity contribution in [2.75, 3.05) is 39.6 Å². The lowest BCUT2D eigenvalue weighted by atomic mass is 9.45. The van der Waals surface area contributed by atoms with E-state index in [9.17, 15) is 86.3 Å². The van der Waals surface area contributed by atoms with Crippen LogP contribution in [0.3, 0.4) is 0 Å². The summed E-state index contributed by atoms with van der Waals surface area (Å²) in [6.07, 6.45) is 40.0. The third kappa shape index (κ3) is 18.0. The minimum absolute atomic E-state index is 0.0768. The molecule has 0 N–H and O–H groups in total. The van der Waals surface area contributed by atoms with Crippen LogP contribution in [-0.4, -0.2) is 209 Å². The molecule has 24 rings (SSSR count). The van der Waals surface area contributed by atoms with E-state index in [-0.39, 0.29) is 197 Å². The van der Waals surface area contributed by atoms with Gasteiger partial charge >= 0.3 is 35.8 Å². The molecule has 141 heavy (non-hydrogen) atoms. The molecule has 778 valence electrons. The minimum atomic E-state index is -0.598. The molecule has 6 saturated heterocycles. The van der Waals surface area contributed by atoms with Gasteiger partial charge in [0.15, 0.2) is 39.6 Å². The average molecular weight is 1960 g/mol. The van der Waals surface area contributed by atoms with E-state index in [4.69, 9.17) is 28.4 Å². The molecule has 24 fully saturated rings. The summed E-state index contributed by atoms with van der Waals surface area (Å²) in [6.45, 7) is 25.9. The Morgan fingerprint density at radius 1 is 0.284 bits per heavy atom. The lowest BCUT2D eigenvalue weighted by molar-refractivity contribution is -0.207. The fourth-order valence-corrected chi connectivity index (χ4v) is 33.3. The molecule has 0 radical (unpaired) electrons. The Hall–Kier alpha value is -8.34. The van der Waals surface area contributed by atoms with E-state index in [1.807, 2.05) is 69.2 Å². The number of esters is 6. The van der Waals surface area contributed by atoms with Crippen molar-refractivity contribution in [1.82, 2.24) is 29.4 Å². The zero-order valence-electron chi connectivity index (χ0n) is 86.8. The molecule has 0 aromatic heterocycles. The number of carbonyl (C=O) groups excluding carboxylic acids is 18. The molecule has 30 nitrogen and oxygen atoms in total. The van der Waals surface area contributed by atoms with E-state index < -0.39 is 16.2 Å². The lowest BCUT2D eigenvalue weighted by Crippen LogP contribution is -2.76. The van der Waals surface area contributed by atoms with Gasteiger partial charge in [-0.05, 0) is 365 Å². The Morgan fingerprint density at radius 3 is 0.780 bits per heavy atom. The predicted molar refractivity (Wildman–Crippen MR) is 511 cm³/mol. The molecule has 24 aliphatic rings. The number of carbonyl (C=O) groups is 18. The van der Waals surface area contributed by atoms with Gasteiger partial charge in [0.1, 0.15) is 0 Å². The minimum Gasteiger partial charge on any atom is -0.455 e. The van der Waals surface area contributed by atoms with Crippen LogP contribution < -0.4 is 0 Å². The maximum atomic E-state index is 12.8. The molecule has 12 amide bonds. The van der Waals surface area contributed by atoms with Gasteiger partial charge in [-0.15, -0.1) is 0 Å². The van der Waals surface area contributed by atoms with Crippen LogP contribution in [0, 0.1) is 152 Å². The summed E-state index contributed by atoms with van der Waals surface area (Å²) in [7, 11) is 0. The van der Waals surface area contributed by atoms with Gasteiger partial charge in [0.25, 0.3) is 35.4 Å². The van der Waals surface area contributed by atoms with Crippen molar-refractivity contribution in [2.45, 2.75) is 394 Å². The van der Waals surface area contributed by atoms with Crippen molar-refractivity contribution in [3.63, 3.8) is 0 Å². The molecule has 6 spiro atoms. The van der Waals surface area contributed by atoms with Crippen molar-refractivity contribution < 1.29 is 115 Å². The van der Waals surface area contributed by atoms with Crippen molar-refractivity contribution >= 4 is 107 Å². The SMILES string of the molecule is CCC(C)(C)C(=O)OCC(=O)N1C(=O)CC12C1CC3CC(C1)CC2C3.CCC(C)(C)C(=O)OCC(=O)N1C(=O)CC12CC1CC2C2CCCC12.CCC(C)(C)C(=O)OCC(=O)N1C(=O)CC12CC1CCC2C1.CCC(C)C(=O)OCC(=O)N1C(=O)CC12C1CC3CC(C1)CC2C3.CCC(C)C(=O)OCC(=O)N1C(=O)CC12CC1CC2C2CCCC12.CCC(C)C(=O)OCC(=O)N1C(=O)CC12CC1CCC2C1. The van der Waals surface area contributed by atoms with Gasteiger partial charge in [0, 0.05) is 0 Å². The highest BCUT2D eigenvalue weighted by molar-refractivity contribution is 6.07. The van der Waals surface area contributed by atoms with Gasteiger partial charge in [-0.3, -0.25) is 116 Å². The molecule has 16 bridgehead atoms. The molecule has 19 atom stereocenters. The maximum Gasteiger partial charge on any atom is 0.312 e. The molecule has 0 aromatic rings. The maximum absolute atomic E-state index is 12.8. The number of ether oxygens (including phenoxy) is 6. The first-order valence-corrected chi connectivity index (χ1v) is 54.9. The molecule has 18 aliphatic carbocycles. The second kappa shape index (κ2) is 39.5. The number of hydrogen-bond acceptors (Lipinski definition) is 24. The molecule has 6 aliphatic heterocycles. The van der Waals surface area contributed by atoms with Gasteiger partial charge in [0.2, 0.25) is 35.4 Å². The summed E-state index contributed by atoms with van der Waals surface area (Å²) in [6, 6.07) is 0. The fourth-order valence-electron chi connectivity index (χ4n) is 33.3. The highest BCUT2D eigenvalue weighted by Crippen LogP contribution is 2.71. The first-order valence-electron chi connectivity index (χ1n) is 54.9. The molecular formula is C111H160N6O24. The smallest absolute Gasteiger partial charge is 0.312 e. The van der Waals surface area contributed by atoms with Crippen LogP contribution in [0.1, 0.15) is 361 Å². The van der Waals surface area contributed by atoms with Crippen LogP contribution in [0.4, 0.5) is 0 Å². The average Bonchev–Trinajstić information content (AvgIpc) is 1.52. The fraction of sp³-hybridized carbons (Fsp3) is 0.838. The molecule has 6 heterocycles. The number of fused-ring (bicyclic) bond motifs is 18. The first-order chi connectivity index (χ1) is 66.8. The Labute approximate surface area is 832 Å². The summed E-state index contributed by atoms with van der Waals surface area (Å²) in [5, 5.41) is 0. The van der Waals surface area contributed by atoms with Gasteiger partial charge in [-0.25, -0.2) is 0 Å². The van der Waals surface area contributed by atoms with E-state index >= 15 is 0 Å². The quantitative estimate of drug-likeness (QED) is 0.0492. The van der Waals surface area contributed by atoms with Crippen LogP contribution >= 0.6 is 0 Å². The van der Waals surface area contributed by atoms with E-state index in [0.717, 1.165) is 138 Å². The zero-order chi connectivity index (χ0) is 101. The van der Waals surface area contributed by atoms with Gasteiger partial charge in [-0.2, -0.15) is 0 Å². The number of rotatable bonds is 24. The number of hydrogen-bond donors (Lipinski definition) is 0. The van der Waals surface area contributed by atoms with Crippen molar-refractivity contribution in [2.24, 2.45) is 152 Å². The normalized spacial score (nSPS) is 38.0. The predicted octanol–water partition coefficient (Wildman–Crippen LogP) is 15.1. The Kier molecular flexibility index (Phi) is 29.1. The van der Waals surface area contributed by atoms with Crippen molar-refractivity contribution in [3.05, 3.63) is 0 Å². The number of nitrogens with zero attached hydrogens (tertiary/aromatic N) is 6. The second-order valence-electron chi connectivity index (χ2n) is 50.3. The molecule has 0 aromatic carbocycles. The lowest BCUT2D eigenvalue weighted by Gasteiger charge is -2.67. The van der Waals surface area contributed by atoms with Crippen molar-refractivity contribution in [3.8, 4) is 0 Å². The summed E-state index contributed by atoms with van der Waals surface area (Å²) in [4.78, 5) is 229. The zero-order valence-corrected chi connectivity index (χ0v) is 86.8. The highest BCUT2D eigenvalue weighted by atomic mass is 16.6. The van der Waals surface area contributed by atoms with Crippen LogP contribution in [0.25, 0.3) is 0 Å². The summed E-state index contributed by atoms with van der Waals surface area (Å²) in [5.74, 6) is 7.45. The third-order valence-electron chi connectivity index (χ3n) is 41.9. The van der Waals surface area contributed by atoms with E-state index in [1.54, 1.807) is 34.6 Å². The Balaban J connectivity index is 0.000000117. The van der Waals surface area contributed by atoms with Crippen molar-refractivity contribution in [1.29, 1.82) is 0 Å². The standard InChI is InChI=1S/2C20H29NO4.2C19H27NO4.C17H25NO4.C16H23NO4/c1-4-19(2,3)18(24)25-11-17(23)21-16(22)10-20(21)14-6-12-5-13(8-14)9-15(20)7-12;1-4-19(2,3)18(24)25-11-17(23)21-16(22)10-20(21)9-12-8-15(20)14-7-5-6-13(12)14;1-3-11(2)18(23)24-10-17(22)20-16(21)9-19(20)14-5-12-4-13(7-14)8-15(19)6-12;1-3-11(2)18(23)24-10-17(22)20-16(21)9-19(20)8-12-7-15(19)14-6-4-5-13(12)14;1-4-16(2,3)15(21)22-10-14(20)18-13(19)9-17(18)8-11-5-6-12(17)7-11;1-3-10(2)15(20)21-9-14(19)17-13(18)8-16(17)7-11-4-5-12(16)6-11/h2*12-15H,4-11H2,1-3H3;2*11-15H,3-10H2,1-2H3;11-12H,4-10H2,1-3H3;10-12H,3-9H2,1-2H3. The molecular weight excluding hydrogens is 1800 g/mol. The van der Waals surface area contributed by atoms with E-state index in [1.165, 1.54) is 106 Å². The van der Waals surface area contributed by atoms with Crippen LogP contribution in [0.2, 0.25) is 0 Å². The Bertz CT molecular complexity index is 4940. The number of amides is 12. The van der Waals surface area contributed by atoms with Gasteiger partial charge < -0.3 is 28.4 Å². The monoisotopic (exact) mass is 1960 g/mol. The number of imide groups is 6. The van der Waals surface area contributed by atoms with Crippen LogP contribution in [0.5, 0.6) is 0 Å². The molecule has 30 heteroatoms. The molecule has 19 unspecified atom stereocenters. The number of likely N-dealkylation sites (tertiary alicyclic amines) is 6. The number of β-lactam (4-membered cyclic amide) rings is 6. The Morgan fingerprint density at radius 2 is 0.532 bits per heavy atom.